The maximum absolute atomic E-state index is 6.62. The van der Waals surface area contributed by atoms with Crippen molar-refractivity contribution in [1.29, 1.82) is 0 Å². The Bertz CT molecular complexity index is 3080. The van der Waals surface area contributed by atoms with Crippen LogP contribution in [0.5, 0.6) is 11.5 Å². The molecule has 0 atom stereocenters. The molecule has 0 fully saturated rings. The number of pyridine rings is 2. The maximum Gasteiger partial charge on any atom is 2.00 e. The zero-order chi connectivity index (χ0) is 36.1. The number of nitrogens with zero attached hydrogens (tertiary/aromatic N) is 4. The standard InChI is InChI=1S/C48H36N4O.Pt/c1-27-19-29(3)45(30(4)20-27)41-26-51-42-13-9-7-11-37(42)35-17-15-34(24-40(35)48(51)50-41)53-33-16-18-36-38-12-8-10-14-43(38)52-44(25-49-47(52)39(36)23-33)46-31(5)21-28(2)22-32(46)6;/h7-22,25-26H,1-6H3;/q-2;+2. The number of aromatic nitrogens is 4. The fraction of sp³-hybridized carbons (Fsp3) is 0.125. The summed E-state index contributed by atoms with van der Waals surface area (Å²) < 4.78 is 11.1. The Morgan fingerprint density at radius 3 is 1.69 bits per heavy atom. The summed E-state index contributed by atoms with van der Waals surface area (Å²) in [5, 5.41) is 6.26. The quantitative estimate of drug-likeness (QED) is 0.131. The van der Waals surface area contributed by atoms with Crippen LogP contribution in [0.15, 0.2) is 109 Å². The molecule has 10 rings (SSSR count). The normalized spacial score (nSPS) is 11.7. The monoisotopic (exact) mass is 879 g/mol. The molecule has 0 amide bonds. The summed E-state index contributed by atoms with van der Waals surface area (Å²) in [6, 6.07) is 41.5. The van der Waals surface area contributed by atoms with Gasteiger partial charge in [0, 0.05) is 46.1 Å². The molecule has 4 aromatic heterocycles. The molecule has 5 nitrogen and oxygen atoms in total. The van der Waals surface area contributed by atoms with Crippen LogP contribution in [0.2, 0.25) is 0 Å². The second kappa shape index (κ2) is 12.7. The number of ether oxygens (including phenoxy) is 1. The van der Waals surface area contributed by atoms with Crippen molar-refractivity contribution >= 4 is 54.6 Å². The van der Waals surface area contributed by atoms with Crippen LogP contribution in [0, 0.1) is 53.7 Å². The van der Waals surface area contributed by atoms with Crippen LogP contribution in [0.4, 0.5) is 0 Å². The van der Waals surface area contributed by atoms with E-state index < -0.39 is 0 Å². The van der Waals surface area contributed by atoms with Gasteiger partial charge in [0.05, 0.1) is 22.7 Å². The number of aryl methyl sites for hydroxylation is 6. The van der Waals surface area contributed by atoms with Crippen LogP contribution in [0.25, 0.3) is 77.2 Å². The Hall–Kier alpha value is -5.77. The zero-order valence-corrected chi connectivity index (χ0v) is 33.2. The summed E-state index contributed by atoms with van der Waals surface area (Å²) in [6.45, 7) is 13.0. The third-order valence-corrected chi connectivity index (χ3v) is 10.7. The molecular weight excluding hydrogens is 844 g/mol. The second-order valence-electron chi connectivity index (χ2n) is 14.5. The van der Waals surface area contributed by atoms with Crippen molar-refractivity contribution in [2.24, 2.45) is 0 Å². The molecule has 0 unspecified atom stereocenters. The van der Waals surface area contributed by atoms with Gasteiger partial charge in [-0.3, -0.25) is 9.97 Å². The van der Waals surface area contributed by atoms with Crippen molar-refractivity contribution in [3.8, 4) is 34.0 Å². The van der Waals surface area contributed by atoms with Gasteiger partial charge in [0.1, 0.15) is 0 Å². The molecule has 0 aliphatic heterocycles. The number of benzene rings is 6. The number of imidazole rings is 2. The van der Waals surface area contributed by atoms with Gasteiger partial charge in [-0.2, -0.15) is 0 Å². The molecule has 54 heavy (non-hydrogen) atoms. The van der Waals surface area contributed by atoms with E-state index in [4.69, 9.17) is 14.7 Å². The first kappa shape index (κ1) is 34.0. The smallest absolute Gasteiger partial charge is 0.497 e. The average Bonchev–Trinajstić information content (AvgIpc) is 3.77. The second-order valence-corrected chi connectivity index (χ2v) is 14.5. The fourth-order valence-electron chi connectivity index (χ4n) is 8.77. The van der Waals surface area contributed by atoms with Crippen molar-refractivity contribution in [1.82, 2.24) is 18.8 Å². The number of hydrogen-bond acceptors (Lipinski definition) is 3. The average molecular weight is 880 g/mol. The van der Waals surface area contributed by atoms with Crippen molar-refractivity contribution in [3.63, 3.8) is 0 Å². The predicted octanol–water partition coefficient (Wildman–Crippen LogP) is 12.2. The van der Waals surface area contributed by atoms with Gasteiger partial charge in [-0.25, -0.2) is 0 Å². The molecule has 0 aliphatic rings. The van der Waals surface area contributed by atoms with E-state index in [-0.39, 0.29) is 21.1 Å². The maximum atomic E-state index is 6.62. The van der Waals surface area contributed by atoms with Gasteiger partial charge in [0.2, 0.25) is 0 Å². The van der Waals surface area contributed by atoms with Crippen LogP contribution < -0.4 is 4.74 Å². The summed E-state index contributed by atoms with van der Waals surface area (Å²) in [7, 11) is 0. The molecule has 0 N–H and O–H groups in total. The first-order chi connectivity index (χ1) is 25.7. The summed E-state index contributed by atoms with van der Waals surface area (Å²) in [5.41, 5.74) is 15.7. The Morgan fingerprint density at radius 1 is 0.556 bits per heavy atom. The third-order valence-electron chi connectivity index (χ3n) is 10.7. The van der Waals surface area contributed by atoms with Crippen LogP contribution in [0.1, 0.15) is 33.4 Å². The zero-order valence-electron chi connectivity index (χ0n) is 30.9. The van der Waals surface area contributed by atoms with E-state index in [9.17, 15) is 0 Å². The molecule has 0 bridgehead atoms. The number of para-hydroxylation sites is 2. The summed E-state index contributed by atoms with van der Waals surface area (Å²) >= 11 is 0. The minimum absolute atomic E-state index is 0. The van der Waals surface area contributed by atoms with E-state index in [0.717, 1.165) is 66.0 Å². The van der Waals surface area contributed by atoms with Crippen molar-refractivity contribution in [2.75, 3.05) is 0 Å². The van der Waals surface area contributed by atoms with Gasteiger partial charge in [-0.1, -0.05) is 118 Å². The fourth-order valence-corrected chi connectivity index (χ4v) is 8.77. The molecule has 4 heterocycles. The summed E-state index contributed by atoms with van der Waals surface area (Å²) in [4.78, 5) is 10.3. The molecule has 264 valence electrons. The molecule has 6 heteroatoms. The molecule has 0 saturated carbocycles. The third kappa shape index (κ3) is 5.17. The minimum Gasteiger partial charge on any atom is -0.497 e. The van der Waals surface area contributed by atoms with Gasteiger partial charge >= 0.3 is 21.1 Å². The molecule has 6 aromatic carbocycles. The van der Waals surface area contributed by atoms with Crippen molar-refractivity contribution in [2.45, 2.75) is 41.5 Å². The van der Waals surface area contributed by atoms with Gasteiger partial charge in [0.25, 0.3) is 0 Å². The van der Waals surface area contributed by atoms with Crippen molar-refractivity contribution < 1.29 is 25.8 Å². The molecule has 0 spiro atoms. The van der Waals surface area contributed by atoms with Gasteiger partial charge in [-0.05, 0) is 86.7 Å². The van der Waals surface area contributed by atoms with Crippen molar-refractivity contribution in [3.05, 3.63) is 155 Å². The summed E-state index contributed by atoms with van der Waals surface area (Å²) in [6.07, 6.45) is 4.16. The van der Waals surface area contributed by atoms with Crippen LogP contribution in [-0.4, -0.2) is 18.8 Å². The van der Waals surface area contributed by atoms with E-state index in [2.05, 4.69) is 154 Å². The van der Waals surface area contributed by atoms with Crippen LogP contribution in [-0.2, 0) is 21.1 Å². The Labute approximate surface area is 328 Å². The Balaban J connectivity index is 0.00000384. The molecule has 0 radical (unpaired) electrons. The van der Waals surface area contributed by atoms with E-state index in [1.807, 2.05) is 18.3 Å². The van der Waals surface area contributed by atoms with Gasteiger partial charge in [0.15, 0.2) is 0 Å². The Kier molecular flexibility index (Phi) is 7.99. The van der Waals surface area contributed by atoms with E-state index >= 15 is 0 Å². The molecule has 10 aromatic rings. The van der Waals surface area contributed by atoms with Gasteiger partial charge < -0.3 is 13.5 Å². The molecular formula is C48H36N4OPt. The summed E-state index contributed by atoms with van der Waals surface area (Å²) in [5.74, 6) is 1.20. The number of hydrogen-bond donors (Lipinski definition) is 0. The first-order valence-electron chi connectivity index (χ1n) is 18.1. The molecule has 0 saturated heterocycles. The van der Waals surface area contributed by atoms with E-state index in [1.165, 1.54) is 44.5 Å². The van der Waals surface area contributed by atoms with Crippen LogP contribution in [0.3, 0.4) is 0 Å². The van der Waals surface area contributed by atoms with Gasteiger partial charge in [-0.15, -0.1) is 12.1 Å². The Morgan fingerprint density at radius 2 is 1.07 bits per heavy atom. The van der Waals surface area contributed by atoms with Crippen LogP contribution >= 0.6 is 0 Å². The predicted molar refractivity (Wildman–Crippen MR) is 217 cm³/mol. The van der Waals surface area contributed by atoms with E-state index in [0.29, 0.717) is 11.5 Å². The number of fused-ring (bicyclic) bond motifs is 12. The number of rotatable bonds is 4. The topological polar surface area (TPSA) is 43.8 Å². The molecule has 0 aliphatic carbocycles. The first-order valence-corrected chi connectivity index (χ1v) is 18.1. The SMILES string of the molecule is Cc1cc(C)c(-c2cn3c4ccccc4c4ccc(Oc5[c-]c6c(cc5)c5ccccc5n5c(-c7c(C)cc(C)cc7C)cnc65)[c-]c4c3n2)c(C)c1.[Pt+2]. The minimum atomic E-state index is 0. The largest absolute Gasteiger partial charge is 2.00 e. The van der Waals surface area contributed by atoms with E-state index in [1.54, 1.807) is 0 Å².